The summed E-state index contributed by atoms with van der Waals surface area (Å²) in [5.41, 5.74) is 4.44. The number of carbonyl (C=O) groups excluding carboxylic acids is 2. The molecule has 4 rings (SSSR count). The molecule has 168 valence electrons. The van der Waals surface area contributed by atoms with Gasteiger partial charge in [0.05, 0.1) is 12.2 Å². The average Bonchev–Trinajstić information content (AvgIpc) is 3.08. The fraction of sp³-hybridized carbons (Fsp3) is 0.214. The first kappa shape index (κ1) is 22.3. The van der Waals surface area contributed by atoms with Gasteiger partial charge in [-0.2, -0.15) is 0 Å². The number of carbonyl (C=O) groups is 2. The molecule has 0 saturated carbocycles. The fourth-order valence-corrected chi connectivity index (χ4v) is 3.90. The van der Waals surface area contributed by atoms with E-state index < -0.39 is 0 Å². The van der Waals surface area contributed by atoms with Crippen LogP contribution < -0.4 is 10.1 Å². The molecule has 0 spiro atoms. The van der Waals surface area contributed by atoms with Crippen molar-refractivity contribution in [2.75, 3.05) is 18.5 Å². The molecule has 2 amide bonds. The minimum absolute atomic E-state index is 0.284. The molecule has 1 N–H and O–H groups in total. The molecular weight excluding hydrogens is 412 g/mol. The molecule has 1 aliphatic heterocycles. The van der Waals surface area contributed by atoms with E-state index >= 15 is 0 Å². The number of imide groups is 1. The van der Waals surface area contributed by atoms with Gasteiger partial charge in [-0.15, -0.1) is 0 Å². The van der Waals surface area contributed by atoms with Crippen LogP contribution in [0.3, 0.4) is 0 Å². The van der Waals surface area contributed by atoms with Crippen molar-refractivity contribution in [2.45, 2.75) is 26.7 Å². The predicted octanol–water partition coefficient (Wildman–Crippen LogP) is 5.08. The second-order valence-corrected chi connectivity index (χ2v) is 7.88. The number of ether oxygens (including phenoxy) is 1. The highest BCUT2D eigenvalue weighted by Crippen LogP contribution is 2.31. The lowest BCUT2D eigenvalue weighted by molar-refractivity contribution is -0.136. The quantitative estimate of drug-likeness (QED) is 0.471. The summed E-state index contributed by atoms with van der Waals surface area (Å²) < 4.78 is 5.53. The number of rotatable bonds is 9. The zero-order chi connectivity index (χ0) is 23.2. The standard InChI is InChI=1S/C28H28N2O3/c1-3-20-10-14-23(15-11-20)29-26-25(22-12-16-24(17-13-22)33-4-2)27(31)30(28(26)32)19-18-21-8-6-5-7-9-21/h5-17,29H,3-4,18-19H2,1-2H3. The third-order valence-electron chi connectivity index (χ3n) is 5.72. The van der Waals surface area contributed by atoms with Gasteiger partial charge < -0.3 is 10.1 Å². The van der Waals surface area contributed by atoms with E-state index in [2.05, 4.69) is 12.2 Å². The van der Waals surface area contributed by atoms with Crippen LogP contribution >= 0.6 is 0 Å². The van der Waals surface area contributed by atoms with E-state index in [1.807, 2.05) is 85.8 Å². The normalized spacial score (nSPS) is 13.6. The Labute approximate surface area is 194 Å². The van der Waals surface area contributed by atoms with Gasteiger partial charge in [-0.3, -0.25) is 14.5 Å². The molecule has 0 aromatic heterocycles. The minimum atomic E-state index is -0.306. The van der Waals surface area contributed by atoms with Crippen LogP contribution in [0.5, 0.6) is 5.75 Å². The van der Waals surface area contributed by atoms with Gasteiger partial charge in [0, 0.05) is 12.2 Å². The maximum Gasteiger partial charge on any atom is 0.278 e. The summed E-state index contributed by atoms with van der Waals surface area (Å²) in [5.74, 6) is 0.136. The average molecular weight is 441 g/mol. The van der Waals surface area contributed by atoms with Crippen molar-refractivity contribution < 1.29 is 14.3 Å². The van der Waals surface area contributed by atoms with Crippen LogP contribution in [0.15, 0.2) is 84.6 Å². The largest absolute Gasteiger partial charge is 0.494 e. The van der Waals surface area contributed by atoms with Crippen LogP contribution in [0.1, 0.15) is 30.5 Å². The molecule has 3 aromatic carbocycles. The van der Waals surface area contributed by atoms with Gasteiger partial charge in [0.25, 0.3) is 11.8 Å². The lowest BCUT2D eigenvalue weighted by atomic mass is 10.0. The Morgan fingerprint density at radius 1 is 0.788 bits per heavy atom. The monoisotopic (exact) mass is 440 g/mol. The summed E-state index contributed by atoms with van der Waals surface area (Å²) in [6.07, 6.45) is 1.54. The van der Waals surface area contributed by atoms with Crippen molar-refractivity contribution in [2.24, 2.45) is 0 Å². The van der Waals surface area contributed by atoms with Crippen LogP contribution in [-0.4, -0.2) is 29.9 Å². The number of anilines is 1. The van der Waals surface area contributed by atoms with Crippen molar-refractivity contribution in [1.82, 2.24) is 4.90 Å². The van der Waals surface area contributed by atoms with E-state index in [-0.39, 0.29) is 11.8 Å². The van der Waals surface area contributed by atoms with Gasteiger partial charge in [0.15, 0.2) is 0 Å². The van der Waals surface area contributed by atoms with E-state index in [4.69, 9.17) is 4.74 Å². The van der Waals surface area contributed by atoms with Crippen LogP contribution in [0.25, 0.3) is 5.57 Å². The van der Waals surface area contributed by atoms with Crippen LogP contribution in [0.2, 0.25) is 0 Å². The van der Waals surface area contributed by atoms with E-state index in [1.54, 1.807) is 0 Å². The number of hydrogen-bond donors (Lipinski definition) is 1. The Kier molecular flexibility index (Phi) is 6.89. The molecule has 0 saturated heterocycles. The molecule has 5 nitrogen and oxygen atoms in total. The molecule has 1 heterocycles. The molecule has 0 atom stereocenters. The number of nitrogens with zero attached hydrogens (tertiary/aromatic N) is 1. The van der Waals surface area contributed by atoms with Crippen molar-refractivity contribution in [3.05, 3.63) is 101 Å². The molecule has 33 heavy (non-hydrogen) atoms. The Morgan fingerprint density at radius 2 is 1.48 bits per heavy atom. The maximum atomic E-state index is 13.4. The molecule has 1 aliphatic rings. The Morgan fingerprint density at radius 3 is 2.12 bits per heavy atom. The molecular formula is C28H28N2O3. The minimum Gasteiger partial charge on any atom is -0.494 e. The van der Waals surface area contributed by atoms with Crippen LogP contribution in [0, 0.1) is 0 Å². The van der Waals surface area contributed by atoms with Gasteiger partial charge in [0.2, 0.25) is 0 Å². The zero-order valence-corrected chi connectivity index (χ0v) is 19.0. The third kappa shape index (κ3) is 4.98. The van der Waals surface area contributed by atoms with Gasteiger partial charge in [-0.05, 0) is 60.7 Å². The van der Waals surface area contributed by atoms with E-state index in [1.165, 1.54) is 10.5 Å². The third-order valence-corrected chi connectivity index (χ3v) is 5.72. The van der Waals surface area contributed by atoms with E-state index in [0.717, 1.165) is 23.4 Å². The van der Waals surface area contributed by atoms with Crippen LogP contribution in [-0.2, 0) is 22.4 Å². The molecule has 5 heteroatoms. The van der Waals surface area contributed by atoms with Crippen molar-refractivity contribution >= 4 is 23.1 Å². The number of benzene rings is 3. The first-order chi connectivity index (χ1) is 16.1. The molecule has 0 unspecified atom stereocenters. The summed E-state index contributed by atoms with van der Waals surface area (Å²) in [6.45, 7) is 4.90. The fourth-order valence-electron chi connectivity index (χ4n) is 3.90. The summed E-state index contributed by atoms with van der Waals surface area (Å²) in [7, 11) is 0. The number of hydrogen-bond acceptors (Lipinski definition) is 4. The van der Waals surface area contributed by atoms with Gasteiger partial charge >= 0.3 is 0 Å². The highest BCUT2D eigenvalue weighted by Gasteiger charge is 2.38. The van der Waals surface area contributed by atoms with Gasteiger partial charge in [-0.1, -0.05) is 61.5 Å². The van der Waals surface area contributed by atoms with Crippen molar-refractivity contribution in [3.63, 3.8) is 0 Å². The summed E-state index contributed by atoms with van der Waals surface area (Å²) in [4.78, 5) is 28.1. The maximum absolute atomic E-state index is 13.4. The summed E-state index contributed by atoms with van der Waals surface area (Å²) in [6, 6.07) is 25.1. The first-order valence-corrected chi connectivity index (χ1v) is 11.3. The molecule has 0 bridgehead atoms. The van der Waals surface area contributed by atoms with Gasteiger partial charge in [0.1, 0.15) is 11.4 Å². The number of nitrogens with one attached hydrogen (secondary N) is 1. The lowest BCUT2D eigenvalue weighted by Crippen LogP contribution is -2.34. The number of aryl methyl sites for hydroxylation is 1. The lowest BCUT2D eigenvalue weighted by Gasteiger charge is -2.15. The Balaban J connectivity index is 1.65. The number of amides is 2. The zero-order valence-electron chi connectivity index (χ0n) is 19.0. The second kappa shape index (κ2) is 10.2. The molecule has 0 radical (unpaired) electrons. The van der Waals surface area contributed by atoms with E-state index in [9.17, 15) is 9.59 Å². The van der Waals surface area contributed by atoms with E-state index in [0.29, 0.717) is 36.4 Å². The topological polar surface area (TPSA) is 58.6 Å². The highest BCUT2D eigenvalue weighted by atomic mass is 16.5. The van der Waals surface area contributed by atoms with Crippen molar-refractivity contribution in [1.29, 1.82) is 0 Å². The van der Waals surface area contributed by atoms with Crippen LogP contribution in [0.4, 0.5) is 5.69 Å². The molecule has 0 fully saturated rings. The molecule has 3 aromatic rings. The first-order valence-electron chi connectivity index (χ1n) is 11.3. The SMILES string of the molecule is CCOc1ccc(C2=C(Nc3ccc(CC)cc3)C(=O)N(CCc3ccccc3)C2=O)cc1. The second-order valence-electron chi connectivity index (χ2n) is 7.88. The Bertz CT molecular complexity index is 1150. The summed E-state index contributed by atoms with van der Waals surface area (Å²) in [5, 5.41) is 3.23. The molecule has 0 aliphatic carbocycles. The predicted molar refractivity (Wildman–Crippen MR) is 131 cm³/mol. The highest BCUT2D eigenvalue weighted by molar-refractivity contribution is 6.36. The smallest absolute Gasteiger partial charge is 0.278 e. The van der Waals surface area contributed by atoms with Gasteiger partial charge in [-0.25, -0.2) is 0 Å². The van der Waals surface area contributed by atoms with Crippen molar-refractivity contribution in [3.8, 4) is 5.75 Å². The Hall–Kier alpha value is -3.86. The summed E-state index contributed by atoms with van der Waals surface area (Å²) >= 11 is 0.